The number of amides is 2. The quantitative estimate of drug-likeness (QED) is 0.939. The summed E-state index contributed by atoms with van der Waals surface area (Å²) in [5, 5.41) is 2.80. The van der Waals surface area contributed by atoms with Crippen LogP contribution >= 0.6 is 0 Å². The molecule has 1 aliphatic heterocycles. The molecule has 0 aliphatic carbocycles. The number of rotatable bonds is 3. The molecule has 0 aromatic heterocycles. The van der Waals surface area contributed by atoms with Crippen molar-refractivity contribution in [3.63, 3.8) is 0 Å². The molecule has 0 radical (unpaired) electrons. The molecule has 1 heterocycles. The highest BCUT2D eigenvalue weighted by atomic mass is 19.1. The number of hydrogen-bond acceptors (Lipinski definition) is 2. The van der Waals surface area contributed by atoms with E-state index in [1.54, 1.807) is 11.8 Å². The first-order valence-corrected chi connectivity index (χ1v) is 7.88. The van der Waals surface area contributed by atoms with E-state index >= 15 is 0 Å². The van der Waals surface area contributed by atoms with E-state index in [1.165, 1.54) is 18.2 Å². The summed E-state index contributed by atoms with van der Waals surface area (Å²) in [7, 11) is 0. The van der Waals surface area contributed by atoms with Crippen molar-refractivity contribution in [2.24, 2.45) is 5.92 Å². The molecule has 2 amide bonds. The van der Waals surface area contributed by atoms with E-state index in [4.69, 9.17) is 0 Å². The zero-order valence-electron chi connectivity index (χ0n) is 13.7. The molecule has 5 heteroatoms. The van der Waals surface area contributed by atoms with Gasteiger partial charge in [-0.1, -0.05) is 12.1 Å². The third-order valence-corrected chi connectivity index (χ3v) is 4.26. The summed E-state index contributed by atoms with van der Waals surface area (Å²) < 4.78 is 13.1. The normalized spacial score (nSPS) is 17.2. The van der Waals surface area contributed by atoms with Crippen LogP contribution in [-0.4, -0.2) is 18.4 Å². The van der Waals surface area contributed by atoms with Gasteiger partial charge in [0.05, 0.1) is 5.92 Å². The van der Waals surface area contributed by atoms with E-state index in [2.05, 4.69) is 5.32 Å². The van der Waals surface area contributed by atoms with Gasteiger partial charge < -0.3 is 10.2 Å². The minimum Gasteiger partial charge on any atom is -0.326 e. The van der Waals surface area contributed by atoms with E-state index in [1.807, 2.05) is 31.2 Å². The monoisotopic (exact) mass is 326 g/mol. The second-order valence-electron chi connectivity index (χ2n) is 6.19. The van der Waals surface area contributed by atoms with Crippen molar-refractivity contribution in [1.82, 2.24) is 0 Å². The molecule has 1 atom stereocenters. The topological polar surface area (TPSA) is 49.4 Å². The summed E-state index contributed by atoms with van der Waals surface area (Å²) in [6, 6.07) is 11.9. The van der Waals surface area contributed by atoms with E-state index < -0.39 is 5.92 Å². The average molecular weight is 326 g/mol. The van der Waals surface area contributed by atoms with E-state index in [0.29, 0.717) is 17.8 Å². The number of carbonyl (C=O) groups excluding carboxylic acids is 2. The van der Waals surface area contributed by atoms with Crippen LogP contribution in [0.25, 0.3) is 0 Å². The molecule has 4 nitrogen and oxygen atoms in total. The number of carbonyl (C=O) groups is 2. The number of nitrogens with one attached hydrogen (secondary N) is 1. The lowest BCUT2D eigenvalue weighted by Crippen LogP contribution is -2.28. The Bertz CT molecular complexity index is 804. The number of aryl methyl sites for hydroxylation is 2. The summed E-state index contributed by atoms with van der Waals surface area (Å²) in [6.45, 7) is 4.05. The van der Waals surface area contributed by atoms with Crippen molar-refractivity contribution in [2.75, 3.05) is 16.8 Å². The lowest BCUT2D eigenvalue weighted by Gasteiger charge is -2.17. The number of halogens is 1. The molecule has 0 bridgehead atoms. The maximum absolute atomic E-state index is 13.1. The summed E-state index contributed by atoms with van der Waals surface area (Å²) >= 11 is 0. The number of anilines is 2. The van der Waals surface area contributed by atoms with Gasteiger partial charge in [-0.3, -0.25) is 9.59 Å². The zero-order valence-corrected chi connectivity index (χ0v) is 13.7. The highest BCUT2D eigenvalue weighted by molar-refractivity contribution is 6.03. The number of benzene rings is 2. The molecule has 0 unspecified atom stereocenters. The minimum atomic E-state index is -0.414. The fraction of sp³-hybridized carbons (Fsp3) is 0.263. The Morgan fingerprint density at radius 1 is 1.21 bits per heavy atom. The molecule has 1 aliphatic rings. The van der Waals surface area contributed by atoms with E-state index in [-0.39, 0.29) is 24.1 Å². The third kappa shape index (κ3) is 3.30. The fourth-order valence-corrected chi connectivity index (χ4v) is 2.93. The number of nitrogens with zero attached hydrogens (tertiary/aromatic N) is 1. The Morgan fingerprint density at radius 2 is 2.00 bits per heavy atom. The highest BCUT2D eigenvalue weighted by Gasteiger charge is 2.35. The first-order chi connectivity index (χ1) is 11.4. The molecule has 0 spiro atoms. The molecular weight excluding hydrogens is 307 g/mol. The SMILES string of the molecule is Cc1cccc(N2C[C@H](C(=O)Nc3ccc(F)cc3C)CC2=O)c1. The van der Waals surface area contributed by atoms with Gasteiger partial charge in [0.1, 0.15) is 5.82 Å². The van der Waals surface area contributed by atoms with Crippen LogP contribution in [0.5, 0.6) is 0 Å². The molecule has 1 N–H and O–H groups in total. The highest BCUT2D eigenvalue weighted by Crippen LogP contribution is 2.27. The Balaban J connectivity index is 1.72. The zero-order chi connectivity index (χ0) is 17.3. The summed E-state index contributed by atoms with van der Waals surface area (Å²) in [5.41, 5.74) is 3.11. The summed E-state index contributed by atoms with van der Waals surface area (Å²) in [5.74, 6) is -1.03. The van der Waals surface area contributed by atoms with Crippen LogP contribution in [0.3, 0.4) is 0 Å². The molecular formula is C19H19FN2O2. The van der Waals surface area contributed by atoms with Crippen LogP contribution in [0.2, 0.25) is 0 Å². The Labute approximate surface area is 140 Å². The van der Waals surface area contributed by atoms with Gasteiger partial charge in [0, 0.05) is 24.3 Å². The van der Waals surface area contributed by atoms with Gasteiger partial charge in [0.2, 0.25) is 11.8 Å². The van der Waals surface area contributed by atoms with Crippen molar-refractivity contribution in [2.45, 2.75) is 20.3 Å². The molecule has 2 aromatic carbocycles. The van der Waals surface area contributed by atoms with Crippen LogP contribution in [0.4, 0.5) is 15.8 Å². The maximum Gasteiger partial charge on any atom is 0.229 e. The fourth-order valence-electron chi connectivity index (χ4n) is 2.93. The Kier molecular flexibility index (Phi) is 4.34. The predicted molar refractivity (Wildman–Crippen MR) is 91.4 cm³/mol. The lowest BCUT2D eigenvalue weighted by molar-refractivity contribution is -0.122. The van der Waals surface area contributed by atoms with Crippen LogP contribution < -0.4 is 10.2 Å². The molecule has 1 saturated heterocycles. The standard InChI is InChI=1S/C19H19FN2O2/c1-12-4-3-5-16(8-12)22-11-14(10-18(22)23)19(24)21-17-7-6-15(20)9-13(17)2/h3-9,14H,10-11H2,1-2H3,(H,21,24)/t14-/m1/s1. The summed E-state index contributed by atoms with van der Waals surface area (Å²) in [6.07, 6.45) is 0.181. The van der Waals surface area contributed by atoms with Gasteiger partial charge in [0.25, 0.3) is 0 Å². The van der Waals surface area contributed by atoms with Crippen LogP contribution in [-0.2, 0) is 9.59 Å². The van der Waals surface area contributed by atoms with Gasteiger partial charge in [0.15, 0.2) is 0 Å². The molecule has 24 heavy (non-hydrogen) atoms. The van der Waals surface area contributed by atoms with Gasteiger partial charge in [-0.25, -0.2) is 4.39 Å². The van der Waals surface area contributed by atoms with Gasteiger partial charge >= 0.3 is 0 Å². The average Bonchev–Trinajstić information content (AvgIpc) is 2.92. The van der Waals surface area contributed by atoms with Crippen LogP contribution in [0.1, 0.15) is 17.5 Å². The largest absolute Gasteiger partial charge is 0.326 e. The van der Waals surface area contributed by atoms with Crippen molar-refractivity contribution >= 4 is 23.2 Å². The molecule has 0 saturated carbocycles. The Morgan fingerprint density at radius 3 is 2.71 bits per heavy atom. The van der Waals surface area contributed by atoms with E-state index in [9.17, 15) is 14.0 Å². The first kappa shape index (κ1) is 16.2. The Hall–Kier alpha value is -2.69. The molecule has 2 aromatic rings. The van der Waals surface area contributed by atoms with Crippen molar-refractivity contribution in [3.8, 4) is 0 Å². The van der Waals surface area contributed by atoms with Gasteiger partial charge in [-0.15, -0.1) is 0 Å². The molecule has 1 fully saturated rings. The van der Waals surface area contributed by atoms with E-state index in [0.717, 1.165) is 11.3 Å². The minimum absolute atomic E-state index is 0.0587. The van der Waals surface area contributed by atoms with Crippen LogP contribution in [0, 0.1) is 25.6 Å². The third-order valence-electron chi connectivity index (χ3n) is 4.26. The van der Waals surface area contributed by atoms with Crippen molar-refractivity contribution in [1.29, 1.82) is 0 Å². The molecule has 124 valence electrons. The maximum atomic E-state index is 13.1. The van der Waals surface area contributed by atoms with Gasteiger partial charge in [-0.2, -0.15) is 0 Å². The number of hydrogen-bond donors (Lipinski definition) is 1. The first-order valence-electron chi connectivity index (χ1n) is 7.88. The smallest absolute Gasteiger partial charge is 0.229 e. The van der Waals surface area contributed by atoms with Gasteiger partial charge in [-0.05, 0) is 55.3 Å². The van der Waals surface area contributed by atoms with Crippen molar-refractivity contribution < 1.29 is 14.0 Å². The predicted octanol–water partition coefficient (Wildman–Crippen LogP) is 3.43. The molecule has 3 rings (SSSR count). The second-order valence-corrected chi connectivity index (χ2v) is 6.19. The lowest BCUT2D eigenvalue weighted by atomic mass is 10.1. The second kappa shape index (κ2) is 6.43. The summed E-state index contributed by atoms with van der Waals surface area (Å²) in [4.78, 5) is 26.4. The van der Waals surface area contributed by atoms with Crippen LogP contribution in [0.15, 0.2) is 42.5 Å². The van der Waals surface area contributed by atoms with Crippen molar-refractivity contribution in [3.05, 3.63) is 59.4 Å².